The number of amides is 1. The van der Waals surface area contributed by atoms with Crippen molar-refractivity contribution in [2.75, 3.05) is 19.8 Å². The van der Waals surface area contributed by atoms with Crippen LogP contribution in [0.25, 0.3) is 5.82 Å². The second-order valence-corrected chi connectivity index (χ2v) is 4.15. The normalized spacial score (nSPS) is 10.4. The van der Waals surface area contributed by atoms with Crippen LogP contribution < -0.4 is 5.73 Å². The molecule has 94 valence electrons. The van der Waals surface area contributed by atoms with Gasteiger partial charge < -0.3 is 10.6 Å². The summed E-state index contributed by atoms with van der Waals surface area (Å²) in [4.78, 5) is 20.9. The van der Waals surface area contributed by atoms with Crippen LogP contribution >= 0.6 is 11.6 Å². The number of nitrogens with two attached hydrogens (primary N) is 1. The first-order valence-corrected chi connectivity index (χ1v) is 5.42. The maximum Gasteiger partial charge on any atom is 0.273 e. The van der Waals surface area contributed by atoms with Crippen molar-refractivity contribution in [3.05, 3.63) is 29.2 Å². The molecule has 0 fully saturated rings. The highest BCUT2D eigenvalue weighted by molar-refractivity contribution is 6.32. The third-order valence-corrected chi connectivity index (χ3v) is 2.44. The Morgan fingerprint density at radius 3 is 2.89 bits per heavy atom. The molecule has 2 N–H and O–H groups in total. The molecule has 0 aromatic carbocycles. The number of hydrogen-bond acceptors (Lipinski definition) is 5. The number of anilines is 1. The van der Waals surface area contributed by atoms with Crippen molar-refractivity contribution in [2.45, 2.75) is 0 Å². The van der Waals surface area contributed by atoms with Crippen LogP contribution in [0.2, 0.25) is 5.02 Å². The van der Waals surface area contributed by atoms with Crippen LogP contribution in [-0.4, -0.2) is 44.7 Å². The predicted molar refractivity (Wildman–Crippen MR) is 66.6 cm³/mol. The minimum absolute atomic E-state index is 0.0883. The van der Waals surface area contributed by atoms with Gasteiger partial charge in [0.15, 0.2) is 11.5 Å². The molecule has 0 radical (unpaired) electrons. The highest BCUT2D eigenvalue weighted by atomic mass is 35.5. The van der Waals surface area contributed by atoms with Gasteiger partial charge in [-0.2, -0.15) is 10.1 Å². The Kier molecular flexibility index (Phi) is 3.15. The van der Waals surface area contributed by atoms with Gasteiger partial charge in [-0.1, -0.05) is 11.6 Å². The van der Waals surface area contributed by atoms with E-state index in [1.807, 2.05) is 0 Å². The van der Waals surface area contributed by atoms with Crippen LogP contribution in [0.5, 0.6) is 0 Å². The molecular weight excluding hydrogens is 256 g/mol. The fraction of sp³-hybridized carbons (Fsp3) is 0.200. The van der Waals surface area contributed by atoms with Crippen molar-refractivity contribution >= 4 is 23.5 Å². The Hall–Kier alpha value is -2.15. The van der Waals surface area contributed by atoms with E-state index in [0.717, 1.165) is 0 Å². The molecule has 0 saturated heterocycles. The molecule has 18 heavy (non-hydrogen) atoms. The van der Waals surface area contributed by atoms with Gasteiger partial charge in [0.1, 0.15) is 5.02 Å². The van der Waals surface area contributed by atoms with Gasteiger partial charge in [-0.05, 0) is 6.07 Å². The number of aromatic nitrogens is 4. The minimum atomic E-state index is -0.202. The zero-order valence-electron chi connectivity index (χ0n) is 9.83. The molecule has 0 aliphatic rings. The predicted octanol–water partition coefficient (Wildman–Crippen LogP) is 0.600. The first-order chi connectivity index (χ1) is 8.49. The molecule has 0 bridgehead atoms. The Morgan fingerprint density at radius 2 is 2.22 bits per heavy atom. The van der Waals surface area contributed by atoms with E-state index in [1.54, 1.807) is 26.4 Å². The monoisotopic (exact) mass is 266 g/mol. The molecule has 7 nitrogen and oxygen atoms in total. The summed E-state index contributed by atoms with van der Waals surface area (Å²) in [6.07, 6.45) is 2.97. The van der Waals surface area contributed by atoms with Crippen LogP contribution in [0, 0.1) is 0 Å². The Morgan fingerprint density at radius 1 is 1.50 bits per heavy atom. The summed E-state index contributed by atoms with van der Waals surface area (Å²) in [5.74, 6) is 0.222. The molecule has 0 aliphatic heterocycles. The Labute approximate surface area is 108 Å². The highest BCUT2D eigenvalue weighted by Crippen LogP contribution is 2.17. The van der Waals surface area contributed by atoms with E-state index in [0.29, 0.717) is 16.5 Å². The second-order valence-electron chi connectivity index (χ2n) is 3.74. The lowest BCUT2D eigenvalue weighted by atomic mass is 10.4. The average molecular weight is 267 g/mol. The molecule has 2 aromatic rings. The standard InChI is InChI=1S/C10H11ClN6O/c1-16(2)9(18)7-3-4-17(15-7)8-6(11)5-13-10(12)14-8/h3-5H,1-2H3,(H2,12,13,14). The largest absolute Gasteiger partial charge is 0.368 e. The third kappa shape index (κ3) is 2.25. The molecule has 1 amide bonds. The van der Waals surface area contributed by atoms with Crippen LogP contribution in [0.1, 0.15) is 10.5 Å². The Bertz CT molecular complexity index is 594. The lowest BCUT2D eigenvalue weighted by Crippen LogP contribution is -2.22. The quantitative estimate of drug-likeness (QED) is 0.860. The van der Waals surface area contributed by atoms with E-state index in [1.165, 1.54) is 15.8 Å². The number of nitrogens with zero attached hydrogens (tertiary/aromatic N) is 5. The number of rotatable bonds is 2. The summed E-state index contributed by atoms with van der Waals surface area (Å²) in [5.41, 5.74) is 5.78. The van der Waals surface area contributed by atoms with Gasteiger partial charge in [0, 0.05) is 20.3 Å². The fourth-order valence-corrected chi connectivity index (χ4v) is 1.49. The lowest BCUT2D eigenvalue weighted by Gasteiger charge is -2.07. The molecule has 0 saturated carbocycles. The van der Waals surface area contributed by atoms with E-state index in [-0.39, 0.29) is 11.9 Å². The zero-order chi connectivity index (χ0) is 13.3. The summed E-state index contributed by atoms with van der Waals surface area (Å²) in [7, 11) is 3.30. The highest BCUT2D eigenvalue weighted by Gasteiger charge is 2.14. The van der Waals surface area contributed by atoms with Crippen molar-refractivity contribution in [1.29, 1.82) is 0 Å². The molecule has 0 unspecified atom stereocenters. The maximum absolute atomic E-state index is 11.7. The van der Waals surface area contributed by atoms with Crippen molar-refractivity contribution in [2.24, 2.45) is 0 Å². The van der Waals surface area contributed by atoms with Gasteiger partial charge in [-0.25, -0.2) is 9.67 Å². The molecule has 0 spiro atoms. The van der Waals surface area contributed by atoms with Crippen LogP contribution in [0.15, 0.2) is 18.5 Å². The molecule has 8 heteroatoms. The lowest BCUT2D eigenvalue weighted by molar-refractivity contribution is 0.0821. The van der Waals surface area contributed by atoms with Crippen molar-refractivity contribution in [3.63, 3.8) is 0 Å². The zero-order valence-corrected chi connectivity index (χ0v) is 10.6. The van der Waals surface area contributed by atoms with E-state index in [9.17, 15) is 4.79 Å². The van der Waals surface area contributed by atoms with Gasteiger partial charge in [-0.3, -0.25) is 4.79 Å². The molecule has 0 aliphatic carbocycles. The first kappa shape index (κ1) is 12.3. The summed E-state index contributed by atoms with van der Waals surface area (Å²) < 4.78 is 1.39. The summed E-state index contributed by atoms with van der Waals surface area (Å²) in [6.45, 7) is 0. The smallest absolute Gasteiger partial charge is 0.273 e. The SMILES string of the molecule is CN(C)C(=O)c1ccn(-c2nc(N)ncc2Cl)n1. The van der Waals surface area contributed by atoms with Crippen molar-refractivity contribution in [1.82, 2.24) is 24.6 Å². The van der Waals surface area contributed by atoms with Gasteiger partial charge in [-0.15, -0.1) is 0 Å². The number of halogens is 1. The van der Waals surface area contributed by atoms with Gasteiger partial charge in [0.05, 0.1) is 6.20 Å². The molecule has 0 atom stereocenters. The second kappa shape index (κ2) is 4.61. The van der Waals surface area contributed by atoms with Crippen LogP contribution in [0.3, 0.4) is 0 Å². The first-order valence-electron chi connectivity index (χ1n) is 5.04. The van der Waals surface area contributed by atoms with E-state index in [2.05, 4.69) is 15.1 Å². The topological polar surface area (TPSA) is 89.9 Å². The minimum Gasteiger partial charge on any atom is -0.368 e. The average Bonchev–Trinajstić information content (AvgIpc) is 2.80. The summed E-state index contributed by atoms with van der Waals surface area (Å²) in [6, 6.07) is 1.58. The Balaban J connectivity index is 2.41. The van der Waals surface area contributed by atoms with Gasteiger partial charge >= 0.3 is 0 Å². The van der Waals surface area contributed by atoms with Crippen molar-refractivity contribution in [3.8, 4) is 5.82 Å². The molecule has 2 heterocycles. The van der Waals surface area contributed by atoms with Crippen molar-refractivity contribution < 1.29 is 4.79 Å². The van der Waals surface area contributed by atoms with Crippen LogP contribution in [-0.2, 0) is 0 Å². The summed E-state index contributed by atoms with van der Waals surface area (Å²) in [5, 5.41) is 4.40. The maximum atomic E-state index is 11.7. The summed E-state index contributed by atoms with van der Waals surface area (Å²) >= 11 is 5.95. The molecule has 2 rings (SSSR count). The molecule has 2 aromatic heterocycles. The number of carbonyl (C=O) groups is 1. The molecular formula is C10H11ClN6O. The van der Waals surface area contributed by atoms with E-state index in [4.69, 9.17) is 17.3 Å². The number of nitrogen functional groups attached to an aromatic ring is 1. The van der Waals surface area contributed by atoms with Gasteiger partial charge in [0.25, 0.3) is 5.91 Å². The fourth-order valence-electron chi connectivity index (χ4n) is 1.32. The number of carbonyl (C=O) groups excluding carboxylic acids is 1. The third-order valence-electron chi connectivity index (χ3n) is 2.18. The number of hydrogen-bond donors (Lipinski definition) is 1. The van der Waals surface area contributed by atoms with E-state index < -0.39 is 0 Å². The van der Waals surface area contributed by atoms with Crippen LogP contribution in [0.4, 0.5) is 5.95 Å². The van der Waals surface area contributed by atoms with Gasteiger partial charge in [0.2, 0.25) is 5.95 Å². The van der Waals surface area contributed by atoms with E-state index >= 15 is 0 Å².